The molecule has 0 saturated heterocycles. The van der Waals surface area contributed by atoms with E-state index < -0.39 is 32.7 Å². The number of carbonyl (C=O) groups is 1. The summed E-state index contributed by atoms with van der Waals surface area (Å²) in [7, 11) is -3.76. The van der Waals surface area contributed by atoms with E-state index in [1.165, 1.54) is 18.2 Å². The molecule has 140 valence electrons. The fourth-order valence-corrected chi connectivity index (χ4v) is 3.30. The first-order valence-corrected chi connectivity index (χ1v) is 9.17. The third-order valence-corrected chi connectivity index (χ3v) is 5.06. The van der Waals surface area contributed by atoms with Crippen molar-refractivity contribution in [2.75, 3.05) is 11.9 Å². The van der Waals surface area contributed by atoms with Gasteiger partial charge in [0.2, 0.25) is 15.9 Å². The Morgan fingerprint density at radius 3 is 2.35 bits per heavy atom. The SMILES string of the molecule is O=C(CCNS(=O)(=O)c1ccccc1)Nc1ccc(Cl)c(C(F)(F)F)c1. The van der Waals surface area contributed by atoms with Crippen LogP contribution < -0.4 is 10.0 Å². The minimum Gasteiger partial charge on any atom is -0.326 e. The molecule has 0 bridgehead atoms. The number of rotatable bonds is 6. The molecule has 0 aliphatic heterocycles. The molecule has 0 heterocycles. The van der Waals surface area contributed by atoms with Gasteiger partial charge in [-0.3, -0.25) is 4.79 Å². The van der Waals surface area contributed by atoms with Crippen molar-refractivity contribution in [2.24, 2.45) is 0 Å². The maximum absolute atomic E-state index is 12.8. The maximum Gasteiger partial charge on any atom is 0.417 e. The zero-order valence-electron chi connectivity index (χ0n) is 13.2. The van der Waals surface area contributed by atoms with Crippen LogP contribution in [0.15, 0.2) is 53.4 Å². The van der Waals surface area contributed by atoms with Crippen molar-refractivity contribution < 1.29 is 26.4 Å². The highest BCUT2D eigenvalue weighted by atomic mass is 35.5. The summed E-state index contributed by atoms with van der Waals surface area (Å²) >= 11 is 5.50. The van der Waals surface area contributed by atoms with Crippen LogP contribution in [0.4, 0.5) is 18.9 Å². The van der Waals surface area contributed by atoms with E-state index in [-0.39, 0.29) is 23.5 Å². The van der Waals surface area contributed by atoms with Gasteiger partial charge in [-0.2, -0.15) is 13.2 Å². The van der Waals surface area contributed by atoms with E-state index in [0.717, 1.165) is 6.07 Å². The second-order valence-corrected chi connectivity index (χ2v) is 7.38. The number of anilines is 1. The van der Waals surface area contributed by atoms with Gasteiger partial charge in [-0.05, 0) is 30.3 Å². The molecule has 0 fully saturated rings. The fourth-order valence-electron chi connectivity index (χ4n) is 2.03. The molecule has 0 aromatic heterocycles. The third kappa shape index (κ3) is 5.45. The van der Waals surface area contributed by atoms with Crippen molar-refractivity contribution in [2.45, 2.75) is 17.5 Å². The number of alkyl halides is 3. The van der Waals surface area contributed by atoms with E-state index >= 15 is 0 Å². The van der Waals surface area contributed by atoms with E-state index in [1.54, 1.807) is 18.2 Å². The van der Waals surface area contributed by atoms with Gasteiger partial charge in [-0.25, -0.2) is 13.1 Å². The second-order valence-electron chi connectivity index (χ2n) is 5.20. The predicted octanol–water partition coefficient (Wildman–Crippen LogP) is 3.67. The molecule has 0 aliphatic carbocycles. The van der Waals surface area contributed by atoms with E-state index in [1.807, 2.05) is 0 Å². The van der Waals surface area contributed by atoms with Crippen LogP contribution in [0.25, 0.3) is 0 Å². The normalized spacial score (nSPS) is 12.0. The van der Waals surface area contributed by atoms with Gasteiger partial charge in [0.1, 0.15) is 0 Å². The van der Waals surface area contributed by atoms with E-state index in [2.05, 4.69) is 10.0 Å². The number of carbonyl (C=O) groups excluding carboxylic acids is 1. The summed E-state index contributed by atoms with van der Waals surface area (Å²) in [4.78, 5) is 11.9. The lowest BCUT2D eigenvalue weighted by Crippen LogP contribution is -2.27. The molecule has 0 unspecified atom stereocenters. The Bertz CT molecular complexity index is 887. The molecule has 2 aromatic rings. The molecule has 0 spiro atoms. The molecule has 0 atom stereocenters. The van der Waals surface area contributed by atoms with Gasteiger partial charge in [-0.1, -0.05) is 29.8 Å². The van der Waals surface area contributed by atoms with Gasteiger partial charge < -0.3 is 5.32 Å². The molecule has 2 rings (SSSR count). The topological polar surface area (TPSA) is 75.3 Å². The zero-order valence-corrected chi connectivity index (χ0v) is 14.8. The van der Waals surface area contributed by atoms with Gasteiger partial charge in [0.05, 0.1) is 15.5 Å². The minimum atomic E-state index is -4.65. The van der Waals surface area contributed by atoms with Crippen LogP contribution in [0, 0.1) is 0 Å². The molecule has 0 saturated carbocycles. The quantitative estimate of drug-likeness (QED) is 0.768. The monoisotopic (exact) mass is 406 g/mol. The summed E-state index contributed by atoms with van der Waals surface area (Å²) < 4.78 is 64.6. The number of amides is 1. The molecule has 10 heteroatoms. The molecular weight excluding hydrogens is 393 g/mol. The van der Waals surface area contributed by atoms with E-state index in [9.17, 15) is 26.4 Å². The van der Waals surface area contributed by atoms with E-state index in [4.69, 9.17) is 11.6 Å². The number of sulfonamides is 1. The smallest absolute Gasteiger partial charge is 0.326 e. The average molecular weight is 407 g/mol. The lowest BCUT2D eigenvalue weighted by molar-refractivity contribution is -0.137. The Kier molecular flexibility index (Phi) is 6.27. The molecule has 0 radical (unpaired) electrons. The Morgan fingerprint density at radius 1 is 1.08 bits per heavy atom. The number of hydrogen-bond donors (Lipinski definition) is 2. The van der Waals surface area contributed by atoms with Crippen molar-refractivity contribution >= 4 is 33.2 Å². The van der Waals surface area contributed by atoms with Gasteiger partial charge in [0.15, 0.2) is 0 Å². The van der Waals surface area contributed by atoms with Crippen molar-refractivity contribution in [3.05, 3.63) is 59.1 Å². The van der Waals surface area contributed by atoms with Crippen molar-refractivity contribution in [3.8, 4) is 0 Å². The molecule has 1 amide bonds. The lowest BCUT2D eigenvalue weighted by atomic mass is 10.2. The summed E-state index contributed by atoms with van der Waals surface area (Å²) in [6.45, 7) is -0.206. The highest BCUT2D eigenvalue weighted by molar-refractivity contribution is 7.89. The average Bonchev–Trinajstić information content (AvgIpc) is 2.56. The Hall–Kier alpha value is -2.10. The summed E-state index contributed by atoms with van der Waals surface area (Å²) in [5, 5.41) is 1.79. The summed E-state index contributed by atoms with van der Waals surface area (Å²) in [5.74, 6) is -0.642. The van der Waals surface area contributed by atoms with Crippen LogP contribution >= 0.6 is 11.6 Å². The van der Waals surface area contributed by atoms with Gasteiger partial charge in [-0.15, -0.1) is 0 Å². The van der Waals surface area contributed by atoms with Crippen LogP contribution in [0.3, 0.4) is 0 Å². The van der Waals surface area contributed by atoms with Crippen LogP contribution in [0.5, 0.6) is 0 Å². The largest absolute Gasteiger partial charge is 0.417 e. The van der Waals surface area contributed by atoms with Gasteiger partial charge in [0.25, 0.3) is 0 Å². The summed E-state index contributed by atoms with van der Waals surface area (Å²) in [6, 6.07) is 10.5. The van der Waals surface area contributed by atoms with E-state index in [0.29, 0.717) is 6.07 Å². The van der Waals surface area contributed by atoms with Crippen molar-refractivity contribution in [1.82, 2.24) is 4.72 Å². The summed E-state index contributed by atoms with van der Waals surface area (Å²) in [6.07, 6.45) is -4.90. The number of nitrogens with one attached hydrogen (secondary N) is 2. The number of hydrogen-bond acceptors (Lipinski definition) is 3. The zero-order chi connectivity index (χ0) is 19.4. The van der Waals surface area contributed by atoms with Crippen molar-refractivity contribution in [3.63, 3.8) is 0 Å². The van der Waals surface area contributed by atoms with Crippen LogP contribution in [0.2, 0.25) is 5.02 Å². The summed E-state index contributed by atoms with van der Waals surface area (Å²) in [5.41, 5.74) is -1.15. The van der Waals surface area contributed by atoms with Crippen LogP contribution in [-0.2, 0) is 21.0 Å². The first-order chi connectivity index (χ1) is 12.1. The number of halogens is 4. The second kappa shape index (κ2) is 8.07. The first kappa shape index (κ1) is 20.2. The Labute approximate surface area is 153 Å². The Morgan fingerprint density at radius 2 is 1.73 bits per heavy atom. The maximum atomic E-state index is 12.8. The standard InChI is InChI=1S/C16H14ClF3N2O3S/c17-14-7-6-11(10-13(14)16(18,19)20)22-15(23)8-9-21-26(24,25)12-4-2-1-3-5-12/h1-7,10,21H,8-9H2,(H,22,23). The highest BCUT2D eigenvalue weighted by Crippen LogP contribution is 2.36. The molecular formula is C16H14ClF3N2O3S. The molecule has 2 aromatic carbocycles. The molecule has 0 aliphatic rings. The molecule has 5 nitrogen and oxygen atoms in total. The Balaban J connectivity index is 1.94. The lowest BCUT2D eigenvalue weighted by Gasteiger charge is -2.12. The van der Waals surface area contributed by atoms with Crippen LogP contribution in [-0.4, -0.2) is 20.9 Å². The highest BCUT2D eigenvalue weighted by Gasteiger charge is 2.33. The molecule has 26 heavy (non-hydrogen) atoms. The minimum absolute atomic E-state index is 0.0490. The van der Waals surface area contributed by atoms with Gasteiger partial charge in [0, 0.05) is 18.7 Å². The third-order valence-electron chi connectivity index (χ3n) is 3.25. The molecule has 2 N–H and O–H groups in total. The predicted molar refractivity (Wildman–Crippen MR) is 91.3 cm³/mol. The fraction of sp³-hybridized carbons (Fsp3) is 0.188. The van der Waals surface area contributed by atoms with Crippen LogP contribution in [0.1, 0.15) is 12.0 Å². The first-order valence-electron chi connectivity index (χ1n) is 7.31. The van der Waals surface area contributed by atoms with Crippen molar-refractivity contribution in [1.29, 1.82) is 0 Å². The van der Waals surface area contributed by atoms with Gasteiger partial charge >= 0.3 is 6.18 Å². The number of benzene rings is 2.